The van der Waals surface area contributed by atoms with Gasteiger partial charge in [0.15, 0.2) is 11.5 Å². The molecule has 7 heteroatoms. The van der Waals surface area contributed by atoms with Gasteiger partial charge in [0.05, 0.1) is 17.9 Å². The average Bonchev–Trinajstić information content (AvgIpc) is 3.15. The van der Waals surface area contributed by atoms with Gasteiger partial charge in [-0.15, -0.1) is 0 Å². The molecule has 2 aromatic carbocycles. The molecular formula is C25H24O7. The van der Waals surface area contributed by atoms with Crippen molar-refractivity contribution in [1.29, 1.82) is 0 Å². The van der Waals surface area contributed by atoms with E-state index in [0.29, 0.717) is 28.0 Å². The molecule has 0 spiro atoms. The molecule has 166 valence electrons. The normalized spacial score (nSPS) is 16.2. The number of esters is 2. The quantitative estimate of drug-likeness (QED) is 0.553. The van der Waals surface area contributed by atoms with E-state index in [0.717, 1.165) is 5.56 Å². The zero-order valence-electron chi connectivity index (χ0n) is 18.3. The lowest BCUT2D eigenvalue weighted by Crippen LogP contribution is -2.47. The minimum Gasteiger partial charge on any atom is -0.492 e. The van der Waals surface area contributed by atoms with Crippen LogP contribution in [0.3, 0.4) is 0 Å². The Morgan fingerprint density at radius 1 is 1.06 bits per heavy atom. The van der Waals surface area contributed by atoms with Crippen LogP contribution < -0.4 is 10.2 Å². The monoisotopic (exact) mass is 436 g/mol. The molecule has 1 aromatic heterocycles. The Labute approximate surface area is 184 Å². The van der Waals surface area contributed by atoms with Gasteiger partial charge >= 0.3 is 11.9 Å². The van der Waals surface area contributed by atoms with Gasteiger partial charge < -0.3 is 18.6 Å². The molecule has 7 nitrogen and oxygen atoms in total. The number of ether oxygens (including phenoxy) is 3. The van der Waals surface area contributed by atoms with Gasteiger partial charge in [0.1, 0.15) is 22.7 Å². The molecule has 4 rings (SSSR count). The van der Waals surface area contributed by atoms with Crippen LogP contribution in [-0.4, -0.2) is 30.3 Å². The van der Waals surface area contributed by atoms with E-state index in [1.165, 1.54) is 19.9 Å². The molecule has 0 saturated carbocycles. The Kier molecular flexibility index (Phi) is 5.50. The molecule has 1 aliphatic heterocycles. The summed E-state index contributed by atoms with van der Waals surface area (Å²) in [6.45, 7) is 6.13. The van der Waals surface area contributed by atoms with Gasteiger partial charge in [-0.1, -0.05) is 30.3 Å². The first-order valence-electron chi connectivity index (χ1n) is 10.3. The van der Waals surface area contributed by atoms with E-state index >= 15 is 0 Å². The summed E-state index contributed by atoms with van der Waals surface area (Å²) in [6.07, 6.45) is -0.860. The predicted molar refractivity (Wildman–Crippen MR) is 118 cm³/mol. The molecule has 0 bridgehead atoms. The first kappa shape index (κ1) is 21.6. The standard InChI is InChI=1S/C25H24O7/c1-14(26)30-24(25(3,4)32-15(2)27)18-13-29-20-11-10-17-19(28)12-21(31-23(17)22(18)20)16-8-6-5-7-9-16/h5-12,18,24H,13H2,1-4H3. The first-order chi connectivity index (χ1) is 15.2. The van der Waals surface area contributed by atoms with Crippen molar-refractivity contribution in [2.45, 2.75) is 45.3 Å². The van der Waals surface area contributed by atoms with Crippen LogP contribution in [0.1, 0.15) is 39.2 Å². The highest BCUT2D eigenvalue weighted by molar-refractivity contribution is 5.85. The summed E-state index contributed by atoms with van der Waals surface area (Å²) < 4.78 is 23.2. The number of rotatable bonds is 5. The molecule has 0 aliphatic carbocycles. The number of carbonyl (C=O) groups is 2. The van der Waals surface area contributed by atoms with Gasteiger partial charge in [0, 0.05) is 31.0 Å². The third kappa shape index (κ3) is 3.98. The molecule has 0 fully saturated rings. The maximum absolute atomic E-state index is 12.9. The Balaban J connectivity index is 1.91. The number of carbonyl (C=O) groups excluding carboxylic acids is 2. The second-order valence-electron chi connectivity index (χ2n) is 8.34. The zero-order chi connectivity index (χ0) is 23.0. The lowest BCUT2D eigenvalue weighted by molar-refractivity contribution is -0.181. The lowest BCUT2D eigenvalue weighted by Gasteiger charge is -2.36. The van der Waals surface area contributed by atoms with E-state index < -0.39 is 29.6 Å². The molecule has 2 heterocycles. The van der Waals surface area contributed by atoms with Crippen molar-refractivity contribution in [3.8, 4) is 17.1 Å². The van der Waals surface area contributed by atoms with Crippen molar-refractivity contribution < 1.29 is 28.2 Å². The SMILES string of the molecule is CC(=O)OC(C1COc2ccc3c(=O)cc(-c4ccccc4)oc3c21)C(C)(C)OC(C)=O. The third-order valence-corrected chi connectivity index (χ3v) is 5.49. The van der Waals surface area contributed by atoms with E-state index in [4.69, 9.17) is 18.6 Å². The van der Waals surface area contributed by atoms with Crippen LogP contribution in [0.2, 0.25) is 0 Å². The first-order valence-corrected chi connectivity index (χ1v) is 10.3. The minimum atomic E-state index is -1.15. The van der Waals surface area contributed by atoms with Crippen molar-refractivity contribution in [3.63, 3.8) is 0 Å². The van der Waals surface area contributed by atoms with Crippen LogP contribution in [0.15, 0.2) is 57.7 Å². The smallest absolute Gasteiger partial charge is 0.303 e. The fraction of sp³-hybridized carbons (Fsp3) is 0.320. The van der Waals surface area contributed by atoms with Crippen LogP contribution in [-0.2, 0) is 19.1 Å². The maximum atomic E-state index is 12.9. The molecule has 2 unspecified atom stereocenters. The Morgan fingerprint density at radius 3 is 2.44 bits per heavy atom. The fourth-order valence-electron chi connectivity index (χ4n) is 4.26. The molecule has 1 aliphatic rings. The van der Waals surface area contributed by atoms with E-state index in [1.54, 1.807) is 26.0 Å². The van der Waals surface area contributed by atoms with Crippen LogP contribution in [0, 0.1) is 0 Å². The highest BCUT2D eigenvalue weighted by atomic mass is 16.6. The summed E-state index contributed by atoms with van der Waals surface area (Å²) in [5.74, 6) is -0.573. The van der Waals surface area contributed by atoms with Gasteiger partial charge in [-0.3, -0.25) is 14.4 Å². The largest absolute Gasteiger partial charge is 0.492 e. The van der Waals surface area contributed by atoms with Crippen molar-refractivity contribution in [1.82, 2.24) is 0 Å². The second-order valence-corrected chi connectivity index (χ2v) is 8.34. The average molecular weight is 436 g/mol. The van der Waals surface area contributed by atoms with E-state index in [2.05, 4.69) is 0 Å². The zero-order valence-corrected chi connectivity index (χ0v) is 18.3. The molecule has 0 N–H and O–H groups in total. The topological polar surface area (TPSA) is 92.0 Å². The van der Waals surface area contributed by atoms with E-state index in [1.807, 2.05) is 30.3 Å². The molecule has 3 aromatic rings. The fourth-order valence-corrected chi connectivity index (χ4v) is 4.26. The van der Waals surface area contributed by atoms with Crippen molar-refractivity contribution >= 4 is 22.9 Å². The molecule has 32 heavy (non-hydrogen) atoms. The van der Waals surface area contributed by atoms with Crippen LogP contribution in [0.4, 0.5) is 0 Å². The van der Waals surface area contributed by atoms with Gasteiger partial charge in [-0.25, -0.2) is 0 Å². The van der Waals surface area contributed by atoms with Gasteiger partial charge in [0.2, 0.25) is 0 Å². The summed E-state index contributed by atoms with van der Waals surface area (Å²) in [4.78, 5) is 36.6. The Bertz CT molecular complexity index is 1240. The van der Waals surface area contributed by atoms with E-state index in [-0.39, 0.29) is 12.0 Å². The molecular weight excluding hydrogens is 412 g/mol. The molecule has 0 saturated heterocycles. The summed E-state index contributed by atoms with van der Waals surface area (Å²) in [6, 6.07) is 14.1. The van der Waals surface area contributed by atoms with Crippen LogP contribution in [0.25, 0.3) is 22.3 Å². The molecule has 2 atom stereocenters. The highest BCUT2D eigenvalue weighted by Crippen LogP contribution is 2.45. The highest BCUT2D eigenvalue weighted by Gasteiger charge is 2.46. The number of hydrogen-bond acceptors (Lipinski definition) is 7. The van der Waals surface area contributed by atoms with Gasteiger partial charge in [-0.2, -0.15) is 0 Å². The number of benzene rings is 2. The Morgan fingerprint density at radius 2 is 1.78 bits per heavy atom. The summed E-state index contributed by atoms with van der Waals surface area (Å²) >= 11 is 0. The maximum Gasteiger partial charge on any atom is 0.303 e. The predicted octanol–water partition coefficient (Wildman–Crippen LogP) is 4.21. The molecule has 0 amide bonds. The lowest BCUT2D eigenvalue weighted by atomic mass is 9.84. The minimum absolute atomic E-state index is 0.177. The van der Waals surface area contributed by atoms with Gasteiger partial charge in [0.25, 0.3) is 0 Å². The molecule has 0 radical (unpaired) electrons. The summed E-state index contributed by atoms with van der Waals surface area (Å²) in [5.41, 5.74) is 0.404. The van der Waals surface area contributed by atoms with E-state index in [9.17, 15) is 14.4 Å². The number of fused-ring (bicyclic) bond motifs is 3. The van der Waals surface area contributed by atoms with Crippen molar-refractivity contribution in [3.05, 3.63) is 64.3 Å². The summed E-state index contributed by atoms with van der Waals surface area (Å²) in [5, 5.41) is 0.394. The van der Waals surface area contributed by atoms with Crippen molar-refractivity contribution in [2.24, 2.45) is 0 Å². The number of hydrogen-bond donors (Lipinski definition) is 0. The van der Waals surface area contributed by atoms with Gasteiger partial charge in [-0.05, 0) is 26.0 Å². The second kappa shape index (κ2) is 8.15. The van der Waals surface area contributed by atoms with Crippen LogP contribution >= 0.6 is 0 Å². The third-order valence-electron chi connectivity index (χ3n) is 5.49. The summed E-state index contributed by atoms with van der Waals surface area (Å²) in [7, 11) is 0. The van der Waals surface area contributed by atoms with Crippen LogP contribution in [0.5, 0.6) is 5.75 Å². The Hall–Kier alpha value is -3.61. The van der Waals surface area contributed by atoms with Crippen molar-refractivity contribution in [2.75, 3.05) is 6.61 Å².